The molecule has 0 N–H and O–H groups in total. The maximum Gasteiger partial charge on any atom is 0.257 e. The van der Waals surface area contributed by atoms with E-state index in [1.807, 2.05) is 78.7 Å². The second-order valence-corrected chi connectivity index (χ2v) is 9.84. The van der Waals surface area contributed by atoms with E-state index < -0.39 is 0 Å². The summed E-state index contributed by atoms with van der Waals surface area (Å²) in [7, 11) is 3.50. The molecule has 38 heavy (non-hydrogen) atoms. The third-order valence-electron chi connectivity index (χ3n) is 7.16. The van der Waals surface area contributed by atoms with Gasteiger partial charge < -0.3 is 19.3 Å². The Bertz CT molecular complexity index is 1200. The lowest BCUT2D eigenvalue weighted by atomic mass is 10.0. The number of carbonyl (C=O) groups is 2. The molecule has 0 radical (unpaired) electrons. The number of methoxy groups -OCH3 is 1. The van der Waals surface area contributed by atoms with E-state index >= 15 is 0 Å². The Hall–Kier alpha value is -3.80. The average molecular weight is 515 g/mol. The first kappa shape index (κ1) is 27.2. The molecule has 4 rings (SSSR count). The van der Waals surface area contributed by atoms with Gasteiger partial charge in [0.2, 0.25) is 5.91 Å². The summed E-state index contributed by atoms with van der Waals surface area (Å²) in [5.41, 5.74) is 2.74. The Kier molecular flexibility index (Phi) is 9.79. The third-order valence-corrected chi connectivity index (χ3v) is 7.16. The van der Waals surface area contributed by atoms with Crippen LogP contribution in [0.3, 0.4) is 0 Å². The molecule has 6 nitrogen and oxygen atoms in total. The minimum atomic E-state index is -0.163. The Labute approximate surface area is 226 Å². The van der Waals surface area contributed by atoms with Gasteiger partial charge in [0.25, 0.3) is 5.91 Å². The molecule has 200 valence electrons. The largest absolute Gasteiger partial charge is 0.496 e. The molecular formula is C32H38N2O4. The van der Waals surface area contributed by atoms with E-state index in [1.165, 1.54) is 0 Å². The molecule has 0 aliphatic carbocycles. The number of nitrogens with zero attached hydrogens (tertiary/aromatic N) is 2. The fourth-order valence-corrected chi connectivity index (χ4v) is 5.02. The van der Waals surface area contributed by atoms with Crippen molar-refractivity contribution < 1.29 is 19.1 Å². The van der Waals surface area contributed by atoms with Crippen LogP contribution >= 0.6 is 0 Å². The summed E-state index contributed by atoms with van der Waals surface area (Å²) in [6.07, 6.45) is 4.38. The van der Waals surface area contributed by atoms with Crippen molar-refractivity contribution in [3.8, 4) is 11.5 Å². The van der Waals surface area contributed by atoms with Crippen molar-refractivity contribution >= 4 is 11.8 Å². The van der Waals surface area contributed by atoms with Gasteiger partial charge in [0.05, 0.1) is 18.7 Å². The predicted octanol–water partition coefficient (Wildman–Crippen LogP) is 5.40. The van der Waals surface area contributed by atoms with Crippen molar-refractivity contribution in [3.63, 3.8) is 0 Å². The van der Waals surface area contributed by atoms with Crippen LogP contribution < -0.4 is 9.47 Å². The van der Waals surface area contributed by atoms with Crippen LogP contribution in [-0.2, 0) is 17.6 Å². The summed E-state index contributed by atoms with van der Waals surface area (Å²) in [5.74, 6) is 1.43. The first-order chi connectivity index (χ1) is 18.6. The van der Waals surface area contributed by atoms with Gasteiger partial charge in [-0.1, -0.05) is 60.7 Å². The van der Waals surface area contributed by atoms with Crippen LogP contribution in [0.1, 0.15) is 47.2 Å². The minimum Gasteiger partial charge on any atom is -0.496 e. The van der Waals surface area contributed by atoms with Gasteiger partial charge in [0.1, 0.15) is 18.1 Å². The van der Waals surface area contributed by atoms with E-state index in [0.717, 1.165) is 36.1 Å². The molecule has 6 heteroatoms. The standard InChI is InChI=1S/C32H38N2O4/c1-33-21-11-4-12-22-34(31(35)20-19-26-15-7-9-17-29(26)37-2)27(23-25-13-5-3-6-14-25)24-38-30-18-10-8-16-28(30)32(33)36/h3,5-10,13-18,27H,4,11-12,19-24H2,1-2H3/t27-/m0/s1. The lowest BCUT2D eigenvalue weighted by molar-refractivity contribution is -0.134. The molecule has 1 atom stereocenters. The molecule has 1 aliphatic rings. The van der Waals surface area contributed by atoms with Crippen molar-refractivity contribution in [2.75, 3.05) is 33.9 Å². The van der Waals surface area contributed by atoms with Gasteiger partial charge in [-0.05, 0) is 61.4 Å². The molecule has 0 aromatic heterocycles. The molecule has 2 amide bonds. The summed E-state index contributed by atoms with van der Waals surface area (Å²) in [4.78, 5) is 30.7. The SMILES string of the molecule is COc1ccccc1CCC(=O)N1CCCCCN(C)C(=O)c2ccccc2OC[C@@H]1Cc1ccccc1. The lowest BCUT2D eigenvalue weighted by Gasteiger charge is -2.32. The normalized spacial score (nSPS) is 16.9. The third kappa shape index (κ3) is 7.15. The smallest absolute Gasteiger partial charge is 0.257 e. The fraction of sp³-hybridized carbons (Fsp3) is 0.375. The number of carbonyl (C=O) groups excluding carboxylic acids is 2. The van der Waals surface area contributed by atoms with Crippen LogP contribution in [0.4, 0.5) is 0 Å². The Morgan fingerprint density at radius 2 is 1.63 bits per heavy atom. The van der Waals surface area contributed by atoms with E-state index in [-0.39, 0.29) is 17.9 Å². The number of aryl methyl sites for hydroxylation is 1. The highest BCUT2D eigenvalue weighted by molar-refractivity contribution is 5.96. The van der Waals surface area contributed by atoms with Crippen LogP contribution in [0.25, 0.3) is 0 Å². The summed E-state index contributed by atoms with van der Waals surface area (Å²) < 4.78 is 11.8. The molecule has 0 saturated heterocycles. The van der Waals surface area contributed by atoms with Gasteiger partial charge in [-0.3, -0.25) is 9.59 Å². The van der Waals surface area contributed by atoms with E-state index in [9.17, 15) is 9.59 Å². The highest BCUT2D eigenvalue weighted by Crippen LogP contribution is 2.24. The summed E-state index contributed by atoms with van der Waals surface area (Å²) >= 11 is 0. The fourth-order valence-electron chi connectivity index (χ4n) is 5.02. The molecule has 0 unspecified atom stereocenters. The average Bonchev–Trinajstić information content (AvgIpc) is 2.96. The molecule has 1 aliphatic heterocycles. The monoisotopic (exact) mass is 514 g/mol. The van der Waals surface area contributed by atoms with Crippen molar-refractivity contribution in [1.82, 2.24) is 9.80 Å². The van der Waals surface area contributed by atoms with Crippen molar-refractivity contribution in [3.05, 3.63) is 95.6 Å². The molecule has 3 aromatic rings. The van der Waals surface area contributed by atoms with Gasteiger partial charge in [-0.15, -0.1) is 0 Å². The number of ether oxygens (including phenoxy) is 2. The summed E-state index contributed by atoms with van der Waals surface area (Å²) in [6.45, 7) is 1.64. The number of hydrogen-bond donors (Lipinski definition) is 0. The molecule has 0 bridgehead atoms. The Morgan fingerprint density at radius 3 is 2.45 bits per heavy atom. The van der Waals surface area contributed by atoms with Crippen LogP contribution in [-0.4, -0.2) is 61.5 Å². The second kappa shape index (κ2) is 13.7. The number of para-hydroxylation sites is 2. The van der Waals surface area contributed by atoms with Crippen LogP contribution in [0.15, 0.2) is 78.9 Å². The zero-order valence-electron chi connectivity index (χ0n) is 22.5. The number of hydrogen-bond acceptors (Lipinski definition) is 4. The number of rotatable bonds is 6. The van der Waals surface area contributed by atoms with Crippen molar-refractivity contribution in [2.24, 2.45) is 0 Å². The van der Waals surface area contributed by atoms with Gasteiger partial charge >= 0.3 is 0 Å². The van der Waals surface area contributed by atoms with Gasteiger partial charge in [-0.2, -0.15) is 0 Å². The quantitative estimate of drug-likeness (QED) is 0.442. The van der Waals surface area contributed by atoms with Crippen molar-refractivity contribution in [2.45, 2.75) is 44.6 Å². The maximum absolute atomic E-state index is 13.8. The van der Waals surface area contributed by atoms with E-state index in [1.54, 1.807) is 12.0 Å². The molecule has 0 fully saturated rings. The summed E-state index contributed by atoms with van der Waals surface area (Å²) in [6, 6.07) is 25.3. The van der Waals surface area contributed by atoms with Crippen molar-refractivity contribution in [1.29, 1.82) is 0 Å². The number of amides is 2. The number of fused-ring (bicyclic) bond motifs is 1. The van der Waals surface area contributed by atoms with Gasteiger partial charge in [0.15, 0.2) is 0 Å². The Morgan fingerprint density at radius 1 is 0.921 bits per heavy atom. The van der Waals surface area contributed by atoms with E-state index in [0.29, 0.717) is 50.3 Å². The topological polar surface area (TPSA) is 59.1 Å². The highest BCUT2D eigenvalue weighted by atomic mass is 16.5. The highest BCUT2D eigenvalue weighted by Gasteiger charge is 2.26. The first-order valence-corrected chi connectivity index (χ1v) is 13.5. The maximum atomic E-state index is 13.8. The number of benzene rings is 3. The molecule has 1 heterocycles. The zero-order chi connectivity index (χ0) is 26.7. The summed E-state index contributed by atoms with van der Waals surface area (Å²) in [5, 5.41) is 0. The van der Waals surface area contributed by atoms with Gasteiger partial charge in [0, 0.05) is 26.6 Å². The lowest BCUT2D eigenvalue weighted by Crippen LogP contribution is -2.45. The van der Waals surface area contributed by atoms with Gasteiger partial charge in [-0.25, -0.2) is 0 Å². The zero-order valence-corrected chi connectivity index (χ0v) is 22.5. The molecule has 0 saturated carbocycles. The Balaban J connectivity index is 1.60. The van der Waals surface area contributed by atoms with Crippen LogP contribution in [0, 0.1) is 0 Å². The minimum absolute atomic E-state index is 0.0378. The predicted molar refractivity (Wildman–Crippen MR) is 150 cm³/mol. The molecule has 3 aromatic carbocycles. The molecular weight excluding hydrogens is 476 g/mol. The van der Waals surface area contributed by atoms with Crippen LogP contribution in [0.2, 0.25) is 0 Å². The van der Waals surface area contributed by atoms with E-state index in [4.69, 9.17) is 9.47 Å². The van der Waals surface area contributed by atoms with Crippen LogP contribution in [0.5, 0.6) is 11.5 Å². The molecule has 0 spiro atoms. The van der Waals surface area contributed by atoms with E-state index in [2.05, 4.69) is 12.1 Å². The second-order valence-electron chi connectivity index (χ2n) is 9.84. The first-order valence-electron chi connectivity index (χ1n) is 13.5.